The summed E-state index contributed by atoms with van der Waals surface area (Å²) in [6.45, 7) is 7.77. The van der Waals surface area contributed by atoms with Gasteiger partial charge in [0.15, 0.2) is 0 Å². The Morgan fingerprint density at radius 3 is 2.47 bits per heavy atom. The van der Waals surface area contributed by atoms with Crippen LogP contribution in [0.4, 0.5) is 0 Å². The summed E-state index contributed by atoms with van der Waals surface area (Å²) in [6.07, 6.45) is 0. The highest BCUT2D eigenvalue weighted by Gasteiger charge is 2.15. The van der Waals surface area contributed by atoms with Gasteiger partial charge in [-0.2, -0.15) is 0 Å². The van der Waals surface area contributed by atoms with Gasteiger partial charge in [-0.3, -0.25) is 4.79 Å². The molecule has 2 rings (SSSR count). The van der Waals surface area contributed by atoms with Crippen LogP contribution in [0.2, 0.25) is 0 Å². The molecule has 0 saturated heterocycles. The maximum Gasteiger partial charge on any atom is 0.252 e. The maximum absolute atomic E-state index is 12.2. The van der Waals surface area contributed by atoms with E-state index in [1.807, 2.05) is 58.0 Å². The first-order valence-electron chi connectivity index (χ1n) is 6.42. The van der Waals surface area contributed by atoms with Crippen molar-refractivity contribution in [1.29, 1.82) is 0 Å². The molecule has 0 radical (unpaired) electrons. The van der Waals surface area contributed by atoms with Crippen molar-refractivity contribution >= 4 is 5.91 Å². The Kier molecular flexibility index (Phi) is 3.74. The predicted octanol–water partition coefficient (Wildman–Crippen LogP) is 3.70. The minimum atomic E-state index is -0.137. The Morgan fingerprint density at radius 2 is 1.89 bits per heavy atom. The van der Waals surface area contributed by atoms with Crippen LogP contribution in [0.15, 0.2) is 34.7 Å². The van der Waals surface area contributed by atoms with Crippen LogP contribution in [0.3, 0.4) is 0 Å². The van der Waals surface area contributed by atoms with Crippen LogP contribution in [-0.2, 0) is 0 Å². The van der Waals surface area contributed by atoms with Crippen molar-refractivity contribution in [3.63, 3.8) is 0 Å². The van der Waals surface area contributed by atoms with Crippen molar-refractivity contribution in [3.8, 4) is 0 Å². The number of carbonyl (C=O) groups excluding carboxylic acids is 1. The first kappa shape index (κ1) is 13.4. The van der Waals surface area contributed by atoms with E-state index in [4.69, 9.17) is 4.42 Å². The van der Waals surface area contributed by atoms with Crippen molar-refractivity contribution in [3.05, 3.63) is 58.5 Å². The molecule has 1 heterocycles. The molecule has 0 fully saturated rings. The highest BCUT2D eigenvalue weighted by atomic mass is 16.3. The molecule has 3 heteroatoms. The molecule has 19 heavy (non-hydrogen) atoms. The van der Waals surface area contributed by atoms with Gasteiger partial charge in [0.2, 0.25) is 0 Å². The summed E-state index contributed by atoms with van der Waals surface area (Å²) >= 11 is 0. The summed E-state index contributed by atoms with van der Waals surface area (Å²) in [5.74, 6) is 1.55. The van der Waals surface area contributed by atoms with E-state index in [2.05, 4.69) is 5.32 Å². The average Bonchev–Trinajstić information content (AvgIpc) is 2.75. The van der Waals surface area contributed by atoms with E-state index in [-0.39, 0.29) is 11.9 Å². The molecule has 1 aromatic carbocycles. The number of carbonyl (C=O) groups is 1. The van der Waals surface area contributed by atoms with Gasteiger partial charge in [0.05, 0.1) is 6.04 Å². The fourth-order valence-electron chi connectivity index (χ4n) is 2.10. The molecule has 1 amide bonds. The average molecular weight is 257 g/mol. The zero-order valence-electron chi connectivity index (χ0n) is 11.8. The Labute approximate surface area is 113 Å². The van der Waals surface area contributed by atoms with Gasteiger partial charge < -0.3 is 9.73 Å². The van der Waals surface area contributed by atoms with E-state index in [0.717, 1.165) is 22.6 Å². The van der Waals surface area contributed by atoms with Crippen LogP contribution in [0.25, 0.3) is 0 Å². The molecule has 2 aromatic rings. The lowest BCUT2D eigenvalue weighted by Gasteiger charge is -2.13. The maximum atomic E-state index is 12.2. The number of aryl methyl sites for hydroxylation is 3. The second-order valence-corrected chi connectivity index (χ2v) is 4.96. The smallest absolute Gasteiger partial charge is 0.252 e. The summed E-state index contributed by atoms with van der Waals surface area (Å²) in [5, 5.41) is 2.95. The molecule has 0 aliphatic carbocycles. The Morgan fingerprint density at radius 1 is 1.16 bits per heavy atom. The van der Waals surface area contributed by atoms with Gasteiger partial charge in [-0.05, 0) is 51.5 Å². The van der Waals surface area contributed by atoms with Crippen LogP contribution >= 0.6 is 0 Å². The van der Waals surface area contributed by atoms with Crippen molar-refractivity contribution in [1.82, 2.24) is 5.32 Å². The van der Waals surface area contributed by atoms with Crippen molar-refractivity contribution in [2.45, 2.75) is 33.7 Å². The summed E-state index contributed by atoms with van der Waals surface area (Å²) in [6, 6.07) is 9.47. The first-order valence-corrected chi connectivity index (χ1v) is 6.42. The SMILES string of the molecule is Cc1ccc(C(=O)NC(C)c2ccc(C)o2)c(C)c1. The Balaban J connectivity index is 2.12. The van der Waals surface area contributed by atoms with Crippen LogP contribution < -0.4 is 5.32 Å². The number of furan rings is 1. The largest absolute Gasteiger partial charge is 0.464 e. The van der Waals surface area contributed by atoms with Gasteiger partial charge in [0, 0.05) is 5.56 Å². The van der Waals surface area contributed by atoms with Crippen molar-refractivity contribution < 1.29 is 9.21 Å². The molecule has 0 saturated carbocycles. The number of hydrogen-bond acceptors (Lipinski definition) is 2. The van der Waals surface area contributed by atoms with Gasteiger partial charge in [-0.25, -0.2) is 0 Å². The van der Waals surface area contributed by atoms with Gasteiger partial charge in [0.1, 0.15) is 11.5 Å². The zero-order chi connectivity index (χ0) is 14.0. The van der Waals surface area contributed by atoms with E-state index >= 15 is 0 Å². The van der Waals surface area contributed by atoms with E-state index in [0.29, 0.717) is 5.56 Å². The van der Waals surface area contributed by atoms with Gasteiger partial charge in [-0.1, -0.05) is 17.7 Å². The minimum Gasteiger partial charge on any atom is -0.464 e. The summed E-state index contributed by atoms with van der Waals surface area (Å²) in [5.41, 5.74) is 2.85. The topological polar surface area (TPSA) is 42.2 Å². The molecule has 100 valence electrons. The van der Waals surface area contributed by atoms with Crippen LogP contribution in [0.1, 0.15) is 46.0 Å². The molecule has 3 nitrogen and oxygen atoms in total. The monoisotopic (exact) mass is 257 g/mol. The third-order valence-electron chi connectivity index (χ3n) is 3.16. The fourth-order valence-corrected chi connectivity index (χ4v) is 2.10. The minimum absolute atomic E-state index is 0.0703. The highest BCUT2D eigenvalue weighted by Crippen LogP contribution is 2.17. The number of hydrogen-bond donors (Lipinski definition) is 1. The molecule has 1 unspecified atom stereocenters. The van der Waals surface area contributed by atoms with E-state index in [1.54, 1.807) is 0 Å². The third-order valence-corrected chi connectivity index (χ3v) is 3.16. The summed E-state index contributed by atoms with van der Waals surface area (Å²) in [4.78, 5) is 12.2. The second-order valence-electron chi connectivity index (χ2n) is 4.96. The molecule has 0 aliphatic heterocycles. The number of amides is 1. The molecule has 1 aromatic heterocycles. The predicted molar refractivity (Wildman–Crippen MR) is 75.2 cm³/mol. The Bertz CT molecular complexity index is 599. The number of nitrogens with one attached hydrogen (secondary N) is 1. The standard InChI is InChI=1S/C16H19NO2/c1-10-5-7-14(11(2)9-10)16(18)17-13(4)15-8-6-12(3)19-15/h5-9,13H,1-4H3,(H,17,18). The first-order chi connectivity index (χ1) is 8.97. The molecule has 0 spiro atoms. The zero-order valence-corrected chi connectivity index (χ0v) is 11.8. The second kappa shape index (κ2) is 5.31. The molecule has 0 aliphatic rings. The molecule has 0 bridgehead atoms. The molecule has 1 atom stereocenters. The van der Waals surface area contributed by atoms with Crippen molar-refractivity contribution in [2.75, 3.05) is 0 Å². The molecular formula is C16H19NO2. The molecular weight excluding hydrogens is 238 g/mol. The van der Waals surface area contributed by atoms with E-state index < -0.39 is 0 Å². The fraction of sp³-hybridized carbons (Fsp3) is 0.312. The summed E-state index contributed by atoms with van der Waals surface area (Å²) in [7, 11) is 0. The van der Waals surface area contributed by atoms with Crippen LogP contribution in [-0.4, -0.2) is 5.91 Å². The lowest BCUT2D eigenvalue weighted by Crippen LogP contribution is -2.27. The number of rotatable bonds is 3. The molecule has 1 N–H and O–H groups in total. The van der Waals surface area contributed by atoms with E-state index in [1.165, 1.54) is 0 Å². The van der Waals surface area contributed by atoms with Crippen molar-refractivity contribution in [2.24, 2.45) is 0 Å². The third kappa shape index (κ3) is 3.05. The lowest BCUT2D eigenvalue weighted by atomic mass is 10.0. The number of benzene rings is 1. The normalized spacial score (nSPS) is 12.2. The van der Waals surface area contributed by atoms with E-state index in [9.17, 15) is 4.79 Å². The van der Waals surface area contributed by atoms with Crippen LogP contribution in [0.5, 0.6) is 0 Å². The quantitative estimate of drug-likeness (QED) is 0.911. The highest BCUT2D eigenvalue weighted by molar-refractivity contribution is 5.95. The summed E-state index contributed by atoms with van der Waals surface area (Å²) < 4.78 is 5.52. The Hall–Kier alpha value is -2.03. The van der Waals surface area contributed by atoms with Gasteiger partial charge >= 0.3 is 0 Å². The van der Waals surface area contributed by atoms with Gasteiger partial charge in [0.25, 0.3) is 5.91 Å². The van der Waals surface area contributed by atoms with Gasteiger partial charge in [-0.15, -0.1) is 0 Å². The lowest BCUT2D eigenvalue weighted by molar-refractivity contribution is 0.0934. The van der Waals surface area contributed by atoms with Crippen LogP contribution in [0, 0.1) is 20.8 Å².